The van der Waals surface area contributed by atoms with Gasteiger partial charge in [0, 0.05) is 7.05 Å². The second-order valence-electron chi connectivity index (χ2n) is 3.54. The summed E-state index contributed by atoms with van der Waals surface area (Å²) in [7, 11) is 1.88. The second-order valence-corrected chi connectivity index (χ2v) is 5.44. The highest BCUT2D eigenvalue weighted by Crippen LogP contribution is 2.34. The van der Waals surface area contributed by atoms with Crippen LogP contribution >= 0.6 is 27.7 Å². The first-order valence-electron chi connectivity index (χ1n) is 4.58. The van der Waals surface area contributed by atoms with E-state index < -0.39 is 0 Å². The van der Waals surface area contributed by atoms with Gasteiger partial charge in [-0.15, -0.1) is 5.10 Å². The number of hydrogen-bond donors (Lipinski definition) is 1. The quantitative estimate of drug-likeness (QED) is 0.886. The van der Waals surface area contributed by atoms with Crippen LogP contribution in [0.1, 0.15) is 18.2 Å². The summed E-state index contributed by atoms with van der Waals surface area (Å²) < 4.78 is 2.54. The molecule has 0 aromatic carbocycles. The van der Waals surface area contributed by atoms with Gasteiger partial charge in [0.1, 0.15) is 0 Å². The van der Waals surface area contributed by atoms with Crippen LogP contribution in [0.5, 0.6) is 0 Å². The Morgan fingerprint density at radius 2 is 2.50 bits per heavy atom. The highest BCUT2D eigenvalue weighted by molar-refractivity contribution is 9.10. The fourth-order valence-corrected chi connectivity index (χ4v) is 3.66. The maximum atomic E-state index is 6.20. The first-order chi connectivity index (χ1) is 6.70. The normalized spacial score (nSPS) is 24.1. The molecule has 0 saturated carbocycles. The fourth-order valence-electron chi connectivity index (χ4n) is 1.75. The molecule has 2 unspecified atom stereocenters. The molecule has 2 atom stereocenters. The molecule has 6 heteroatoms. The molecule has 0 radical (unpaired) electrons. The molecule has 2 rings (SSSR count). The molecule has 2 N–H and O–H groups in total. The molecule has 0 aliphatic carbocycles. The van der Waals surface area contributed by atoms with Crippen molar-refractivity contribution in [1.29, 1.82) is 0 Å². The molecule has 1 aliphatic heterocycles. The van der Waals surface area contributed by atoms with E-state index in [0.29, 0.717) is 5.92 Å². The molecule has 1 fully saturated rings. The van der Waals surface area contributed by atoms with Crippen LogP contribution in [0.3, 0.4) is 0 Å². The van der Waals surface area contributed by atoms with Crippen molar-refractivity contribution in [3.05, 3.63) is 10.3 Å². The van der Waals surface area contributed by atoms with Crippen LogP contribution < -0.4 is 5.73 Å². The summed E-state index contributed by atoms with van der Waals surface area (Å²) in [6.45, 7) is 0. The Hall–Kier alpha value is -0.0700. The van der Waals surface area contributed by atoms with E-state index in [-0.39, 0.29) is 6.04 Å². The Balaban J connectivity index is 2.21. The molecule has 1 saturated heterocycles. The summed E-state index contributed by atoms with van der Waals surface area (Å²) in [5, 5.41) is 7.89. The van der Waals surface area contributed by atoms with Gasteiger partial charge in [-0.05, 0) is 39.8 Å². The molecule has 0 bridgehead atoms. The van der Waals surface area contributed by atoms with Crippen molar-refractivity contribution in [2.24, 2.45) is 18.7 Å². The smallest absolute Gasteiger partial charge is 0.153 e. The van der Waals surface area contributed by atoms with E-state index >= 15 is 0 Å². The van der Waals surface area contributed by atoms with Crippen molar-refractivity contribution in [3.8, 4) is 0 Å². The van der Waals surface area contributed by atoms with E-state index in [2.05, 4.69) is 26.2 Å². The van der Waals surface area contributed by atoms with E-state index in [1.165, 1.54) is 12.2 Å². The zero-order valence-electron chi connectivity index (χ0n) is 7.98. The summed E-state index contributed by atoms with van der Waals surface area (Å²) in [5.74, 6) is 2.94. The minimum atomic E-state index is 0.0550. The minimum absolute atomic E-state index is 0.0550. The molecule has 14 heavy (non-hydrogen) atoms. The minimum Gasteiger partial charge on any atom is -0.322 e. The summed E-state index contributed by atoms with van der Waals surface area (Å²) >= 11 is 5.36. The van der Waals surface area contributed by atoms with E-state index in [9.17, 15) is 0 Å². The van der Waals surface area contributed by atoms with Crippen molar-refractivity contribution in [2.45, 2.75) is 12.5 Å². The van der Waals surface area contributed by atoms with Gasteiger partial charge < -0.3 is 5.73 Å². The van der Waals surface area contributed by atoms with Crippen molar-refractivity contribution in [2.75, 3.05) is 11.5 Å². The van der Waals surface area contributed by atoms with Crippen LogP contribution in [0, 0.1) is 5.92 Å². The molecular weight excluding hydrogens is 264 g/mol. The van der Waals surface area contributed by atoms with E-state index in [4.69, 9.17) is 5.73 Å². The van der Waals surface area contributed by atoms with Crippen molar-refractivity contribution in [3.63, 3.8) is 0 Å². The third kappa shape index (κ3) is 1.83. The van der Waals surface area contributed by atoms with E-state index in [0.717, 1.165) is 16.0 Å². The summed E-state index contributed by atoms with van der Waals surface area (Å²) in [4.78, 5) is 0. The Morgan fingerprint density at radius 1 is 1.71 bits per heavy atom. The van der Waals surface area contributed by atoms with Gasteiger partial charge in [-0.1, -0.05) is 5.21 Å². The molecule has 2 heterocycles. The zero-order valence-corrected chi connectivity index (χ0v) is 10.4. The van der Waals surface area contributed by atoms with Gasteiger partial charge in [-0.25, -0.2) is 4.68 Å². The maximum Gasteiger partial charge on any atom is 0.153 e. The first kappa shape index (κ1) is 10.4. The lowest BCUT2D eigenvalue weighted by atomic mass is 9.98. The standard InChI is InChI=1S/C8H13BrN4S/c1-13-7(8(9)11-12-13)6(10)5-2-3-14-4-5/h5-6H,2-4,10H2,1H3. The lowest BCUT2D eigenvalue weighted by Crippen LogP contribution is -2.24. The summed E-state index contributed by atoms with van der Waals surface area (Å²) in [6, 6.07) is 0.0550. The lowest BCUT2D eigenvalue weighted by Gasteiger charge is -2.17. The van der Waals surface area contributed by atoms with Gasteiger partial charge in [-0.3, -0.25) is 0 Å². The Kier molecular flexibility index (Phi) is 3.14. The van der Waals surface area contributed by atoms with Crippen LogP contribution in [-0.4, -0.2) is 26.5 Å². The largest absolute Gasteiger partial charge is 0.322 e. The highest BCUT2D eigenvalue weighted by Gasteiger charge is 2.27. The molecule has 1 aromatic rings. The van der Waals surface area contributed by atoms with Crippen LogP contribution in [0.2, 0.25) is 0 Å². The average molecular weight is 277 g/mol. The monoisotopic (exact) mass is 276 g/mol. The van der Waals surface area contributed by atoms with Gasteiger partial charge in [0.25, 0.3) is 0 Å². The lowest BCUT2D eigenvalue weighted by molar-refractivity contribution is 0.453. The van der Waals surface area contributed by atoms with Crippen molar-refractivity contribution in [1.82, 2.24) is 15.0 Å². The second kappa shape index (κ2) is 4.20. The van der Waals surface area contributed by atoms with Crippen molar-refractivity contribution >= 4 is 27.7 Å². The SMILES string of the molecule is Cn1nnc(Br)c1C(N)C1CCSC1. The molecule has 4 nitrogen and oxygen atoms in total. The number of aryl methyl sites for hydroxylation is 1. The fraction of sp³-hybridized carbons (Fsp3) is 0.750. The van der Waals surface area contributed by atoms with E-state index in [1.54, 1.807) is 4.68 Å². The third-order valence-corrected chi connectivity index (χ3v) is 4.37. The highest BCUT2D eigenvalue weighted by atomic mass is 79.9. The van der Waals surface area contributed by atoms with Gasteiger partial charge in [-0.2, -0.15) is 11.8 Å². The van der Waals surface area contributed by atoms with Crippen LogP contribution in [0.15, 0.2) is 4.60 Å². The summed E-state index contributed by atoms with van der Waals surface area (Å²) in [5.41, 5.74) is 7.21. The first-order valence-corrected chi connectivity index (χ1v) is 6.53. The van der Waals surface area contributed by atoms with Gasteiger partial charge in [0.05, 0.1) is 11.7 Å². The predicted octanol–water partition coefficient (Wildman–Crippen LogP) is 1.33. The predicted molar refractivity (Wildman–Crippen MR) is 61.1 cm³/mol. The molecule has 0 spiro atoms. The number of halogens is 1. The Morgan fingerprint density at radius 3 is 3.00 bits per heavy atom. The average Bonchev–Trinajstić information content (AvgIpc) is 2.75. The molecule has 78 valence electrons. The van der Waals surface area contributed by atoms with Gasteiger partial charge in [0.2, 0.25) is 0 Å². The van der Waals surface area contributed by atoms with Crippen LogP contribution in [0.4, 0.5) is 0 Å². The number of thioether (sulfide) groups is 1. The topological polar surface area (TPSA) is 56.7 Å². The molecule has 1 aliphatic rings. The Bertz CT molecular complexity index is 302. The summed E-state index contributed by atoms with van der Waals surface area (Å²) in [6.07, 6.45) is 1.20. The zero-order chi connectivity index (χ0) is 10.1. The maximum absolute atomic E-state index is 6.20. The van der Waals surface area contributed by atoms with E-state index in [1.807, 2.05) is 18.8 Å². The number of aromatic nitrogens is 3. The number of nitrogens with two attached hydrogens (primary N) is 1. The van der Waals surface area contributed by atoms with Crippen LogP contribution in [0.25, 0.3) is 0 Å². The number of hydrogen-bond acceptors (Lipinski definition) is 4. The van der Waals surface area contributed by atoms with Crippen LogP contribution in [-0.2, 0) is 7.05 Å². The molecule has 1 aromatic heterocycles. The number of rotatable bonds is 2. The number of nitrogens with zero attached hydrogens (tertiary/aromatic N) is 3. The van der Waals surface area contributed by atoms with Crippen molar-refractivity contribution < 1.29 is 0 Å². The third-order valence-electron chi connectivity index (χ3n) is 2.62. The van der Waals surface area contributed by atoms with Gasteiger partial charge in [0.15, 0.2) is 4.60 Å². The Labute approximate surface area is 95.7 Å². The molecule has 0 amide bonds. The molecular formula is C8H13BrN4S. The van der Waals surface area contributed by atoms with Gasteiger partial charge >= 0.3 is 0 Å².